The van der Waals surface area contributed by atoms with E-state index in [0.717, 1.165) is 5.69 Å². The summed E-state index contributed by atoms with van der Waals surface area (Å²) in [6, 6.07) is 0. The number of rotatable bonds is 2. The van der Waals surface area contributed by atoms with Crippen molar-refractivity contribution in [2.24, 2.45) is 7.05 Å². The van der Waals surface area contributed by atoms with E-state index in [1.54, 1.807) is 20.9 Å². The Bertz CT molecular complexity index is 506. The first-order chi connectivity index (χ1) is 7.59. The van der Waals surface area contributed by atoms with Gasteiger partial charge in [-0.05, 0) is 13.8 Å². The molecule has 1 amide bonds. The van der Waals surface area contributed by atoms with Crippen molar-refractivity contribution in [3.05, 3.63) is 23.3 Å². The Balaban J connectivity index is 2.25. The van der Waals surface area contributed by atoms with Gasteiger partial charge in [0.25, 0.3) is 5.91 Å². The molecule has 0 aromatic carbocycles. The van der Waals surface area contributed by atoms with Gasteiger partial charge in [0.15, 0.2) is 0 Å². The molecular weight excluding hydrogens is 208 g/mol. The van der Waals surface area contributed by atoms with Gasteiger partial charge in [-0.2, -0.15) is 15.2 Å². The van der Waals surface area contributed by atoms with Crippen LogP contribution in [0.15, 0.2) is 6.33 Å². The molecule has 0 atom stereocenters. The number of nitrogens with zero attached hydrogens (tertiary/aromatic N) is 4. The number of amides is 1. The maximum absolute atomic E-state index is 11.9. The number of aryl methyl sites for hydroxylation is 3. The number of carbonyl (C=O) groups excluding carboxylic acids is 1. The number of hydrogen-bond donors (Lipinski definition) is 2. The minimum Gasteiger partial charge on any atom is -0.290 e. The Morgan fingerprint density at radius 1 is 1.50 bits per heavy atom. The molecule has 0 radical (unpaired) electrons. The molecule has 7 nitrogen and oxygen atoms in total. The Labute approximate surface area is 91.9 Å². The maximum Gasteiger partial charge on any atom is 0.261 e. The van der Waals surface area contributed by atoms with E-state index in [2.05, 4.69) is 25.6 Å². The number of H-pyrrole nitrogens is 1. The van der Waals surface area contributed by atoms with Crippen molar-refractivity contribution in [1.29, 1.82) is 0 Å². The summed E-state index contributed by atoms with van der Waals surface area (Å²) in [4.78, 5) is 15.8. The lowest BCUT2D eigenvalue weighted by Crippen LogP contribution is -2.16. The van der Waals surface area contributed by atoms with Crippen molar-refractivity contribution in [3.8, 4) is 0 Å². The fraction of sp³-hybridized carbons (Fsp3) is 0.333. The molecule has 0 saturated carbocycles. The average molecular weight is 220 g/mol. The third kappa shape index (κ3) is 1.67. The minimum absolute atomic E-state index is 0.236. The predicted molar refractivity (Wildman–Crippen MR) is 57.0 cm³/mol. The second-order valence-electron chi connectivity index (χ2n) is 3.47. The molecule has 0 aliphatic carbocycles. The minimum atomic E-state index is -0.236. The van der Waals surface area contributed by atoms with Crippen LogP contribution in [0.4, 0.5) is 5.95 Å². The van der Waals surface area contributed by atoms with Crippen LogP contribution in [0.3, 0.4) is 0 Å². The Hall–Kier alpha value is -2.18. The molecule has 0 spiro atoms. The molecule has 2 heterocycles. The summed E-state index contributed by atoms with van der Waals surface area (Å²) in [5.41, 5.74) is 1.94. The van der Waals surface area contributed by atoms with Crippen LogP contribution in [0.1, 0.15) is 21.7 Å². The predicted octanol–water partition coefficient (Wildman–Crippen LogP) is 0.407. The van der Waals surface area contributed by atoms with Gasteiger partial charge in [0.2, 0.25) is 5.95 Å². The topological polar surface area (TPSA) is 88.5 Å². The lowest BCUT2D eigenvalue weighted by atomic mass is 10.2. The van der Waals surface area contributed by atoms with Crippen molar-refractivity contribution in [1.82, 2.24) is 25.0 Å². The van der Waals surface area contributed by atoms with E-state index in [4.69, 9.17) is 0 Å². The molecule has 0 aliphatic rings. The van der Waals surface area contributed by atoms with Crippen molar-refractivity contribution in [3.63, 3.8) is 0 Å². The van der Waals surface area contributed by atoms with Gasteiger partial charge in [-0.25, -0.2) is 4.68 Å². The fourth-order valence-electron chi connectivity index (χ4n) is 1.46. The fourth-order valence-corrected chi connectivity index (χ4v) is 1.46. The number of aromatic amines is 1. The Kier molecular flexibility index (Phi) is 2.43. The first-order valence-corrected chi connectivity index (χ1v) is 4.76. The normalized spacial score (nSPS) is 10.4. The molecule has 2 rings (SSSR count). The summed E-state index contributed by atoms with van der Waals surface area (Å²) in [7, 11) is 1.71. The highest BCUT2D eigenvalue weighted by Crippen LogP contribution is 2.11. The summed E-state index contributed by atoms with van der Waals surface area (Å²) in [5.74, 6) is 0.171. The van der Waals surface area contributed by atoms with E-state index in [9.17, 15) is 4.79 Å². The van der Waals surface area contributed by atoms with E-state index in [1.165, 1.54) is 11.0 Å². The molecule has 84 valence electrons. The highest BCUT2D eigenvalue weighted by molar-refractivity contribution is 6.04. The van der Waals surface area contributed by atoms with E-state index < -0.39 is 0 Å². The van der Waals surface area contributed by atoms with Crippen molar-refractivity contribution in [2.75, 3.05) is 5.32 Å². The molecule has 2 aromatic heterocycles. The van der Waals surface area contributed by atoms with E-state index >= 15 is 0 Å². The molecule has 0 fully saturated rings. The third-order valence-corrected chi connectivity index (χ3v) is 2.29. The smallest absolute Gasteiger partial charge is 0.261 e. The zero-order valence-corrected chi connectivity index (χ0v) is 9.27. The first-order valence-electron chi connectivity index (χ1n) is 4.76. The Morgan fingerprint density at radius 3 is 2.75 bits per heavy atom. The first kappa shape index (κ1) is 10.3. The molecule has 0 aliphatic heterocycles. The van der Waals surface area contributed by atoms with E-state index in [-0.39, 0.29) is 5.91 Å². The summed E-state index contributed by atoms with van der Waals surface area (Å²) >= 11 is 0. The van der Waals surface area contributed by atoms with Gasteiger partial charge in [-0.1, -0.05) is 0 Å². The summed E-state index contributed by atoms with van der Waals surface area (Å²) < 4.78 is 1.49. The molecule has 0 saturated heterocycles. The van der Waals surface area contributed by atoms with Crippen LogP contribution in [0.5, 0.6) is 0 Å². The quantitative estimate of drug-likeness (QED) is 0.767. The number of aromatic nitrogens is 5. The summed E-state index contributed by atoms with van der Waals surface area (Å²) in [6.45, 7) is 3.57. The van der Waals surface area contributed by atoms with Gasteiger partial charge in [0.1, 0.15) is 6.33 Å². The van der Waals surface area contributed by atoms with Crippen LogP contribution in [0.25, 0.3) is 0 Å². The largest absolute Gasteiger partial charge is 0.290 e. The lowest BCUT2D eigenvalue weighted by Gasteiger charge is -2.03. The zero-order chi connectivity index (χ0) is 11.7. The third-order valence-electron chi connectivity index (χ3n) is 2.29. The molecule has 0 unspecified atom stereocenters. The molecule has 16 heavy (non-hydrogen) atoms. The Morgan fingerprint density at radius 2 is 2.25 bits per heavy atom. The highest BCUT2D eigenvalue weighted by Gasteiger charge is 2.16. The van der Waals surface area contributed by atoms with Crippen LogP contribution in [0.2, 0.25) is 0 Å². The second kappa shape index (κ2) is 3.76. The van der Waals surface area contributed by atoms with Gasteiger partial charge < -0.3 is 0 Å². The van der Waals surface area contributed by atoms with Gasteiger partial charge >= 0.3 is 0 Å². The van der Waals surface area contributed by atoms with Gasteiger partial charge in [0, 0.05) is 12.7 Å². The van der Waals surface area contributed by atoms with E-state index in [0.29, 0.717) is 17.2 Å². The van der Waals surface area contributed by atoms with E-state index in [1.807, 2.05) is 0 Å². The standard InChI is InChI=1S/C9H12N6O/c1-5-7(6(2)14-13-5)8(16)12-9-10-4-11-15(9)3/h4H,1-3H3,(H,13,14)(H,10,11,12,16). The average Bonchev–Trinajstić information content (AvgIpc) is 2.75. The number of hydrogen-bond acceptors (Lipinski definition) is 4. The number of nitrogens with one attached hydrogen (secondary N) is 2. The van der Waals surface area contributed by atoms with Gasteiger partial charge in [0.05, 0.1) is 11.3 Å². The van der Waals surface area contributed by atoms with Crippen LogP contribution in [0, 0.1) is 13.8 Å². The molecule has 7 heteroatoms. The summed E-state index contributed by atoms with van der Waals surface area (Å²) in [5, 5.41) is 13.2. The summed E-state index contributed by atoms with van der Waals surface area (Å²) in [6.07, 6.45) is 1.38. The molecule has 0 bridgehead atoms. The van der Waals surface area contributed by atoms with Crippen LogP contribution in [-0.4, -0.2) is 30.9 Å². The lowest BCUT2D eigenvalue weighted by molar-refractivity contribution is 0.102. The monoisotopic (exact) mass is 220 g/mol. The maximum atomic E-state index is 11.9. The zero-order valence-electron chi connectivity index (χ0n) is 9.27. The molecular formula is C9H12N6O. The van der Waals surface area contributed by atoms with Crippen molar-refractivity contribution >= 4 is 11.9 Å². The second-order valence-corrected chi connectivity index (χ2v) is 3.47. The van der Waals surface area contributed by atoms with Crippen LogP contribution >= 0.6 is 0 Å². The highest BCUT2D eigenvalue weighted by atomic mass is 16.1. The van der Waals surface area contributed by atoms with Gasteiger partial charge in [-0.15, -0.1) is 0 Å². The van der Waals surface area contributed by atoms with Gasteiger partial charge in [-0.3, -0.25) is 15.2 Å². The SMILES string of the molecule is Cc1n[nH]c(C)c1C(=O)Nc1ncnn1C. The van der Waals surface area contributed by atoms with Crippen molar-refractivity contribution < 1.29 is 4.79 Å². The van der Waals surface area contributed by atoms with Crippen molar-refractivity contribution in [2.45, 2.75) is 13.8 Å². The van der Waals surface area contributed by atoms with Crippen LogP contribution < -0.4 is 5.32 Å². The molecule has 2 aromatic rings. The van der Waals surface area contributed by atoms with Crippen LogP contribution in [-0.2, 0) is 7.05 Å². The number of anilines is 1. The number of carbonyl (C=O) groups is 1. The molecule has 2 N–H and O–H groups in total.